The first-order valence-electron chi connectivity index (χ1n) is 8.74. The molecule has 5 rings (SSSR count). The summed E-state index contributed by atoms with van der Waals surface area (Å²) in [6.07, 6.45) is 1.75. The molecule has 1 aromatic heterocycles. The zero-order chi connectivity index (χ0) is 18.2. The highest BCUT2D eigenvalue weighted by Crippen LogP contribution is 2.37. The topological polar surface area (TPSA) is 74.6 Å². The molecule has 2 aliphatic heterocycles. The Kier molecular flexibility index (Phi) is 3.71. The maximum Gasteiger partial charge on any atom is 0.246 e. The summed E-state index contributed by atoms with van der Waals surface area (Å²) < 4.78 is 18.5. The molecule has 136 valence electrons. The molecule has 0 atom stereocenters. The second-order valence-electron chi connectivity index (χ2n) is 6.37. The van der Waals surface area contributed by atoms with Gasteiger partial charge in [-0.1, -0.05) is 12.1 Å². The van der Waals surface area contributed by atoms with Gasteiger partial charge in [0.15, 0.2) is 11.5 Å². The van der Waals surface area contributed by atoms with E-state index < -0.39 is 0 Å². The molecule has 1 amide bonds. The molecule has 0 unspecified atom stereocenters. The van der Waals surface area contributed by atoms with Crippen LogP contribution in [-0.2, 0) is 17.9 Å². The van der Waals surface area contributed by atoms with E-state index in [4.69, 9.17) is 14.2 Å². The van der Waals surface area contributed by atoms with Crippen LogP contribution in [0.25, 0.3) is 11.3 Å². The number of nitrogens with one attached hydrogen (secondary N) is 1. The third-order valence-electron chi connectivity index (χ3n) is 4.56. The second kappa shape index (κ2) is 6.35. The summed E-state index contributed by atoms with van der Waals surface area (Å²) in [5, 5.41) is 7.27. The van der Waals surface area contributed by atoms with Crippen LogP contribution in [0, 0.1) is 0 Å². The van der Waals surface area contributed by atoms with Gasteiger partial charge in [-0.15, -0.1) is 0 Å². The van der Waals surface area contributed by atoms with E-state index in [1.807, 2.05) is 24.3 Å². The maximum absolute atomic E-state index is 12.6. The molecule has 1 N–H and O–H groups in total. The smallest absolute Gasteiger partial charge is 0.246 e. The van der Waals surface area contributed by atoms with E-state index >= 15 is 0 Å². The van der Waals surface area contributed by atoms with Gasteiger partial charge in [0.25, 0.3) is 0 Å². The first kappa shape index (κ1) is 15.7. The zero-order valence-electron chi connectivity index (χ0n) is 14.5. The van der Waals surface area contributed by atoms with Crippen LogP contribution in [0.3, 0.4) is 0 Å². The molecule has 2 aromatic carbocycles. The minimum atomic E-state index is -0.165. The van der Waals surface area contributed by atoms with Gasteiger partial charge in [-0.05, 0) is 24.3 Å². The number of hydrogen-bond donors (Lipinski definition) is 1. The Hall–Kier alpha value is -3.48. The van der Waals surface area contributed by atoms with Crippen LogP contribution in [0.4, 0.5) is 5.69 Å². The molecule has 0 spiro atoms. The van der Waals surface area contributed by atoms with Crippen LogP contribution in [0.5, 0.6) is 17.2 Å². The van der Waals surface area contributed by atoms with Gasteiger partial charge in [0.2, 0.25) is 5.91 Å². The summed E-state index contributed by atoms with van der Waals surface area (Å²) in [5.74, 6) is 1.97. The molecule has 0 saturated heterocycles. The van der Waals surface area contributed by atoms with Gasteiger partial charge in [-0.25, -0.2) is 0 Å². The Bertz CT molecular complexity index is 1030. The minimum Gasteiger partial charge on any atom is -0.488 e. The van der Waals surface area contributed by atoms with Crippen LogP contribution >= 0.6 is 0 Å². The fourth-order valence-corrected chi connectivity index (χ4v) is 3.36. The largest absolute Gasteiger partial charge is 0.488 e. The van der Waals surface area contributed by atoms with Crippen molar-refractivity contribution in [3.8, 4) is 28.5 Å². The highest BCUT2D eigenvalue weighted by molar-refractivity contribution is 5.91. The average molecular weight is 363 g/mol. The summed E-state index contributed by atoms with van der Waals surface area (Å²) >= 11 is 0. The lowest BCUT2D eigenvalue weighted by molar-refractivity contribution is -0.116. The normalized spacial score (nSPS) is 13.9. The van der Waals surface area contributed by atoms with Crippen molar-refractivity contribution in [1.29, 1.82) is 0 Å². The number of rotatable bonds is 3. The summed E-state index contributed by atoms with van der Waals surface area (Å²) in [4.78, 5) is 12.6. The van der Waals surface area contributed by atoms with E-state index in [1.165, 1.54) is 0 Å². The summed E-state index contributed by atoms with van der Waals surface area (Å²) in [7, 11) is 0. The number of para-hydroxylation sites is 1. The number of aromatic nitrogens is 2. The van der Waals surface area contributed by atoms with E-state index in [2.05, 4.69) is 10.4 Å². The van der Waals surface area contributed by atoms with Gasteiger partial charge >= 0.3 is 0 Å². The highest BCUT2D eigenvalue weighted by Gasteiger charge is 2.23. The number of amides is 1. The van der Waals surface area contributed by atoms with Gasteiger partial charge in [-0.3, -0.25) is 9.48 Å². The summed E-state index contributed by atoms with van der Waals surface area (Å²) in [6, 6.07) is 13.1. The fraction of sp³-hybridized carbons (Fsp3) is 0.200. The van der Waals surface area contributed by atoms with Crippen molar-refractivity contribution in [2.24, 2.45) is 0 Å². The fourth-order valence-electron chi connectivity index (χ4n) is 3.36. The first-order chi connectivity index (χ1) is 13.3. The van der Waals surface area contributed by atoms with Crippen LogP contribution in [0.15, 0.2) is 48.7 Å². The lowest BCUT2D eigenvalue weighted by Gasteiger charge is -2.20. The Morgan fingerprint density at radius 3 is 2.81 bits per heavy atom. The van der Waals surface area contributed by atoms with E-state index in [0.29, 0.717) is 37.0 Å². The van der Waals surface area contributed by atoms with E-state index in [9.17, 15) is 4.79 Å². The number of carbonyl (C=O) groups is 1. The van der Waals surface area contributed by atoms with Gasteiger partial charge < -0.3 is 19.5 Å². The highest BCUT2D eigenvalue weighted by atomic mass is 16.6. The van der Waals surface area contributed by atoms with Crippen molar-refractivity contribution in [2.45, 2.75) is 13.2 Å². The first-order valence-corrected chi connectivity index (χ1v) is 8.74. The third kappa shape index (κ3) is 2.87. The molecular weight excluding hydrogens is 346 g/mol. The summed E-state index contributed by atoms with van der Waals surface area (Å²) in [6.45, 7) is 1.61. The van der Waals surface area contributed by atoms with Crippen molar-refractivity contribution in [3.05, 3.63) is 54.2 Å². The number of hydrogen-bond acceptors (Lipinski definition) is 5. The Balaban J connectivity index is 1.36. The lowest BCUT2D eigenvalue weighted by Crippen LogP contribution is -2.21. The van der Waals surface area contributed by atoms with E-state index in [-0.39, 0.29) is 12.5 Å². The molecule has 0 saturated carbocycles. The lowest BCUT2D eigenvalue weighted by atomic mass is 10.0. The molecule has 0 fully saturated rings. The average Bonchev–Trinajstić information content (AvgIpc) is 3.11. The Morgan fingerprint density at radius 1 is 1.04 bits per heavy atom. The van der Waals surface area contributed by atoms with Gasteiger partial charge in [-0.2, -0.15) is 5.10 Å². The van der Waals surface area contributed by atoms with Crippen LogP contribution in [0.1, 0.15) is 5.56 Å². The van der Waals surface area contributed by atoms with Crippen LogP contribution in [0.2, 0.25) is 0 Å². The molecule has 2 aliphatic rings. The predicted octanol–water partition coefficient (Wildman–Crippen LogP) is 2.85. The Morgan fingerprint density at radius 2 is 1.89 bits per heavy atom. The molecule has 7 heteroatoms. The standard InChI is InChI=1S/C20H17N3O4/c24-19(22-14-5-6-17-18(9-14)26-8-7-25-17)11-23-20-13(10-21-23)12-27-16-4-2-1-3-15(16)20/h1-6,9-10H,7-8,11-12H2,(H,22,24). The number of benzene rings is 2. The molecule has 3 heterocycles. The van der Waals surface area contributed by atoms with Crippen molar-refractivity contribution >= 4 is 11.6 Å². The van der Waals surface area contributed by atoms with Crippen molar-refractivity contribution < 1.29 is 19.0 Å². The van der Waals surface area contributed by atoms with Crippen molar-refractivity contribution in [3.63, 3.8) is 0 Å². The Labute approximate surface area is 155 Å². The van der Waals surface area contributed by atoms with E-state index in [1.54, 1.807) is 29.1 Å². The molecular formula is C20H17N3O4. The third-order valence-corrected chi connectivity index (χ3v) is 4.56. The molecule has 27 heavy (non-hydrogen) atoms. The number of carbonyl (C=O) groups excluding carboxylic acids is 1. The molecule has 7 nitrogen and oxygen atoms in total. The zero-order valence-corrected chi connectivity index (χ0v) is 14.5. The quantitative estimate of drug-likeness (QED) is 0.775. The monoisotopic (exact) mass is 363 g/mol. The number of anilines is 1. The van der Waals surface area contributed by atoms with Gasteiger partial charge in [0.1, 0.15) is 32.1 Å². The van der Waals surface area contributed by atoms with Crippen molar-refractivity contribution in [1.82, 2.24) is 9.78 Å². The van der Waals surface area contributed by atoms with Crippen molar-refractivity contribution in [2.75, 3.05) is 18.5 Å². The number of ether oxygens (including phenoxy) is 3. The molecule has 0 radical (unpaired) electrons. The van der Waals surface area contributed by atoms with Gasteiger partial charge in [0.05, 0.1) is 11.9 Å². The SMILES string of the molecule is O=C(Cn1ncc2c1-c1ccccc1OC2)Nc1ccc2c(c1)OCCO2. The number of nitrogens with zero attached hydrogens (tertiary/aromatic N) is 2. The van der Waals surface area contributed by atoms with E-state index in [0.717, 1.165) is 22.6 Å². The minimum absolute atomic E-state index is 0.109. The molecule has 0 aliphatic carbocycles. The second-order valence-corrected chi connectivity index (χ2v) is 6.37. The molecule has 0 bridgehead atoms. The van der Waals surface area contributed by atoms with Crippen LogP contribution in [-0.4, -0.2) is 28.9 Å². The maximum atomic E-state index is 12.6. The van der Waals surface area contributed by atoms with Crippen LogP contribution < -0.4 is 19.5 Å². The van der Waals surface area contributed by atoms with Gasteiger partial charge in [0, 0.05) is 22.9 Å². The predicted molar refractivity (Wildman–Crippen MR) is 98.1 cm³/mol. The molecule has 3 aromatic rings. The number of fused-ring (bicyclic) bond motifs is 4. The summed E-state index contributed by atoms with van der Waals surface area (Å²) in [5.41, 5.74) is 3.51.